The van der Waals surface area contributed by atoms with Crippen LogP contribution in [0.25, 0.3) is 0 Å². The Morgan fingerprint density at radius 3 is 2.68 bits per heavy atom. The number of carbonyl (C=O) groups is 1. The first-order valence-corrected chi connectivity index (χ1v) is 5.90. The van der Waals surface area contributed by atoms with E-state index in [0.717, 1.165) is 0 Å². The molecule has 98 valence electrons. The summed E-state index contributed by atoms with van der Waals surface area (Å²) in [4.78, 5) is 11.0. The van der Waals surface area contributed by atoms with Gasteiger partial charge in [0.25, 0.3) is 0 Å². The first kappa shape index (κ1) is 13.4. The zero-order valence-electron chi connectivity index (χ0n) is 9.90. The molecule has 0 fully saturated rings. The third kappa shape index (κ3) is 3.45. The van der Waals surface area contributed by atoms with Gasteiger partial charge in [-0.05, 0) is 24.3 Å². The van der Waals surface area contributed by atoms with Crippen molar-refractivity contribution in [3.05, 3.63) is 64.4 Å². The summed E-state index contributed by atoms with van der Waals surface area (Å²) in [7, 11) is 0. The zero-order valence-corrected chi connectivity index (χ0v) is 10.7. The minimum Gasteiger partial charge on any atom is -0.489 e. The normalized spacial score (nSPS) is 10.2. The van der Waals surface area contributed by atoms with Crippen LogP contribution in [0.2, 0.25) is 5.02 Å². The maximum absolute atomic E-state index is 13.0. The van der Waals surface area contributed by atoms with E-state index in [4.69, 9.17) is 22.1 Å². The fourth-order valence-electron chi connectivity index (χ4n) is 1.54. The zero-order chi connectivity index (χ0) is 13.8. The maximum atomic E-state index is 13.0. The van der Waals surface area contributed by atoms with Crippen molar-refractivity contribution in [2.24, 2.45) is 5.73 Å². The van der Waals surface area contributed by atoms with Gasteiger partial charge in [0.15, 0.2) is 0 Å². The third-order valence-electron chi connectivity index (χ3n) is 2.53. The highest BCUT2D eigenvalue weighted by Gasteiger charge is 2.06. The fraction of sp³-hybridized carbons (Fsp3) is 0.0714. The van der Waals surface area contributed by atoms with Crippen LogP contribution in [-0.2, 0) is 6.61 Å². The predicted octanol–water partition coefficient (Wildman–Crippen LogP) is 3.16. The second-order valence-corrected chi connectivity index (χ2v) is 4.32. The van der Waals surface area contributed by atoms with Crippen molar-refractivity contribution < 1.29 is 13.9 Å². The summed E-state index contributed by atoms with van der Waals surface area (Å²) >= 11 is 6.01. The van der Waals surface area contributed by atoms with E-state index in [0.29, 0.717) is 21.9 Å². The summed E-state index contributed by atoms with van der Waals surface area (Å²) < 4.78 is 18.4. The van der Waals surface area contributed by atoms with Gasteiger partial charge in [-0.2, -0.15) is 0 Å². The van der Waals surface area contributed by atoms with Crippen LogP contribution in [0, 0.1) is 5.82 Å². The van der Waals surface area contributed by atoms with Crippen LogP contribution in [0.15, 0.2) is 42.5 Å². The topological polar surface area (TPSA) is 52.3 Å². The van der Waals surface area contributed by atoms with Crippen LogP contribution >= 0.6 is 11.6 Å². The first-order valence-electron chi connectivity index (χ1n) is 5.53. The van der Waals surface area contributed by atoms with Gasteiger partial charge in [0.05, 0.1) is 0 Å². The number of rotatable bonds is 4. The van der Waals surface area contributed by atoms with Crippen LogP contribution in [0.3, 0.4) is 0 Å². The SMILES string of the molecule is NC(=O)c1ccc(COc2cccc(F)c2)c(Cl)c1. The number of nitrogens with two attached hydrogens (primary N) is 1. The second kappa shape index (κ2) is 5.71. The molecule has 0 atom stereocenters. The summed E-state index contributed by atoms with van der Waals surface area (Å²) in [6.07, 6.45) is 0. The molecule has 2 N–H and O–H groups in total. The fourth-order valence-corrected chi connectivity index (χ4v) is 1.77. The maximum Gasteiger partial charge on any atom is 0.248 e. The van der Waals surface area contributed by atoms with Gasteiger partial charge in [0, 0.05) is 22.2 Å². The molecule has 2 aromatic rings. The van der Waals surface area contributed by atoms with Gasteiger partial charge in [-0.3, -0.25) is 4.79 Å². The van der Waals surface area contributed by atoms with E-state index in [1.54, 1.807) is 24.3 Å². The van der Waals surface area contributed by atoms with E-state index in [1.165, 1.54) is 18.2 Å². The van der Waals surface area contributed by atoms with Gasteiger partial charge in [0.2, 0.25) is 5.91 Å². The van der Waals surface area contributed by atoms with Gasteiger partial charge in [-0.25, -0.2) is 4.39 Å². The van der Waals surface area contributed by atoms with E-state index in [-0.39, 0.29) is 12.4 Å². The Morgan fingerprint density at radius 2 is 2.05 bits per heavy atom. The molecular formula is C14H11ClFNO2. The Labute approximate surface area is 114 Å². The average molecular weight is 280 g/mol. The smallest absolute Gasteiger partial charge is 0.248 e. The van der Waals surface area contributed by atoms with Gasteiger partial charge >= 0.3 is 0 Å². The number of primary amides is 1. The Hall–Kier alpha value is -2.07. The van der Waals surface area contributed by atoms with E-state index in [2.05, 4.69) is 0 Å². The second-order valence-electron chi connectivity index (χ2n) is 3.92. The molecule has 0 aromatic heterocycles. The van der Waals surface area contributed by atoms with E-state index in [9.17, 15) is 9.18 Å². The molecule has 0 unspecified atom stereocenters. The molecule has 1 amide bonds. The number of amides is 1. The Kier molecular flexibility index (Phi) is 4.02. The lowest BCUT2D eigenvalue weighted by atomic mass is 10.1. The molecule has 0 bridgehead atoms. The molecule has 19 heavy (non-hydrogen) atoms. The van der Waals surface area contributed by atoms with Crippen molar-refractivity contribution in [1.29, 1.82) is 0 Å². The van der Waals surface area contributed by atoms with Gasteiger partial charge in [0.1, 0.15) is 18.2 Å². The van der Waals surface area contributed by atoms with Gasteiger partial charge < -0.3 is 10.5 Å². The van der Waals surface area contributed by atoms with Gasteiger partial charge in [-0.1, -0.05) is 23.7 Å². The van der Waals surface area contributed by atoms with Crippen LogP contribution in [-0.4, -0.2) is 5.91 Å². The van der Waals surface area contributed by atoms with Crippen molar-refractivity contribution in [2.75, 3.05) is 0 Å². The minimum absolute atomic E-state index is 0.182. The molecule has 0 aliphatic heterocycles. The standard InChI is InChI=1S/C14H11ClFNO2/c15-13-6-9(14(17)18)4-5-10(13)8-19-12-3-1-2-11(16)7-12/h1-7H,8H2,(H2,17,18). The lowest BCUT2D eigenvalue weighted by Crippen LogP contribution is -2.11. The Morgan fingerprint density at radius 1 is 1.26 bits per heavy atom. The summed E-state index contributed by atoms with van der Waals surface area (Å²) in [6, 6.07) is 10.5. The van der Waals surface area contributed by atoms with Crippen LogP contribution in [0.1, 0.15) is 15.9 Å². The highest BCUT2D eigenvalue weighted by molar-refractivity contribution is 6.31. The van der Waals surface area contributed by atoms with Crippen LogP contribution < -0.4 is 10.5 Å². The van der Waals surface area contributed by atoms with E-state index in [1.807, 2.05) is 0 Å². The molecule has 2 rings (SSSR count). The number of carbonyl (C=O) groups excluding carboxylic acids is 1. The summed E-state index contributed by atoms with van der Waals surface area (Å²) in [5.74, 6) is -0.498. The summed E-state index contributed by atoms with van der Waals surface area (Å²) in [5.41, 5.74) is 6.17. The van der Waals surface area contributed by atoms with Crippen molar-refractivity contribution in [2.45, 2.75) is 6.61 Å². The van der Waals surface area contributed by atoms with Crippen molar-refractivity contribution >= 4 is 17.5 Å². The molecular weight excluding hydrogens is 269 g/mol. The number of ether oxygens (including phenoxy) is 1. The predicted molar refractivity (Wildman–Crippen MR) is 70.7 cm³/mol. The lowest BCUT2D eigenvalue weighted by molar-refractivity contribution is 0.1000. The highest BCUT2D eigenvalue weighted by atomic mass is 35.5. The lowest BCUT2D eigenvalue weighted by Gasteiger charge is -2.08. The van der Waals surface area contributed by atoms with E-state index >= 15 is 0 Å². The Bertz CT molecular complexity index is 616. The van der Waals surface area contributed by atoms with Crippen LogP contribution in [0.5, 0.6) is 5.75 Å². The minimum atomic E-state index is -0.542. The number of halogens is 2. The summed E-state index contributed by atoms with van der Waals surface area (Å²) in [5, 5.41) is 0.382. The average Bonchev–Trinajstić information content (AvgIpc) is 2.37. The van der Waals surface area contributed by atoms with Crippen molar-refractivity contribution in [3.8, 4) is 5.75 Å². The third-order valence-corrected chi connectivity index (χ3v) is 2.88. The summed E-state index contributed by atoms with van der Waals surface area (Å²) in [6.45, 7) is 0.182. The molecule has 0 heterocycles. The molecule has 0 spiro atoms. The van der Waals surface area contributed by atoms with Crippen molar-refractivity contribution in [1.82, 2.24) is 0 Å². The quantitative estimate of drug-likeness (QED) is 0.935. The molecule has 0 radical (unpaired) electrons. The highest BCUT2D eigenvalue weighted by Crippen LogP contribution is 2.20. The molecule has 0 aliphatic rings. The molecule has 0 saturated heterocycles. The molecule has 0 saturated carbocycles. The monoisotopic (exact) mass is 279 g/mol. The largest absolute Gasteiger partial charge is 0.489 e. The molecule has 3 nitrogen and oxygen atoms in total. The molecule has 2 aromatic carbocycles. The van der Waals surface area contributed by atoms with Crippen molar-refractivity contribution in [3.63, 3.8) is 0 Å². The number of hydrogen-bond donors (Lipinski definition) is 1. The number of benzene rings is 2. The Balaban J connectivity index is 2.10. The molecule has 0 aliphatic carbocycles. The van der Waals surface area contributed by atoms with Gasteiger partial charge in [-0.15, -0.1) is 0 Å². The molecule has 5 heteroatoms. The van der Waals surface area contributed by atoms with E-state index < -0.39 is 5.91 Å². The number of hydrogen-bond acceptors (Lipinski definition) is 2. The van der Waals surface area contributed by atoms with Crippen LogP contribution in [0.4, 0.5) is 4.39 Å². The first-order chi connectivity index (χ1) is 9.06.